The Kier molecular flexibility index (Phi) is 1.13. The molecular weight excluding hydrogens is 138 g/mol. The maximum atomic E-state index is 5.17. The summed E-state index contributed by atoms with van der Waals surface area (Å²) in [5, 5.41) is 0. The molecule has 0 saturated heterocycles. The van der Waals surface area contributed by atoms with E-state index in [9.17, 15) is 0 Å². The molecule has 0 unspecified atom stereocenters. The van der Waals surface area contributed by atoms with Crippen LogP contribution in [0.5, 0.6) is 0 Å². The van der Waals surface area contributed by atoms with E-state index < -0.39 is 0 Å². The summed E-state index contributed by atoms with van der Waals surface area (Å²) in [5.74, 6) is 2.46. The second-order valence-corrected chi connectivity index (χ2v) is 2.11. The van der Waals surface area contributed by atoms with Gasteiger partial charge in [0.15, 0.2) is 5.65 Å². The number of hydrogen-bond donors (Lipinski definition) is 0. The molecule has 0 aromatic carbocycles. The predicted molar refractivity (Wildman–Crippen MR) is 40.9 cm³/mol. The summed E-state index contributed by atoms with van der Waals surface area (Å²) in [5.41, 5.74) is 1.42. The summed E-state index contributed by atoms with van der Waals surface area (Å²) in [4.78, 5) is 8.00. The largest absolute Gasteiger partial charge is 0.303 e. The molecule has 2 heterocycles. The van der Waals surface area contributed by atoms with Gasteiger partial charge in [0.1, 0.15) is 5.69 Å². The highest BCUT2D eigenvalue weighted by Gasteiger charge is 1.95. The van der Waals surface area contributed by atoms with Crippen LogP contribution in [0.1, 0.15) is 5.69 Å². The van der Waals surface area contributed by atoms with Crippen LogP contribution < -0.4 is 0 Å². The standard InChI is InChI=1S/C8H5N3/c1-2-7-6-11-4-3-9-5-8(11)10-7/h1,3-6H. The van der Waals surface area contributed by atoms with Crippen molar-refractivity contribution in [2.45, 2.75) is 0 Å². The van der Waals surface area contributed by atoms with E-state index in [0.717, 1.165) is 5.65 Å². The monoisotopic (exact) mass is 143 g/mol. The van der Waals surface area contributed by atoms with Crippen LogP contribution in [-0.4, -0.2) is 14.4 Å². The minimum absolute atomic E-state index is 0.637. The van der Waals surface area contributed by atoms with Gasteiger partial charge in [-0.1, -0.05) is 0 Å². The van der Waals surface area contributed by atoms with Gasteiger partial charge < -0.3 is 4.40 Å². The van der Waals surface area contributed by atoms with Gasteiger partial charge in [-0.15, -0.1) is 6.42 Å². The second kappa shape index (κ2) is 2.10. The van der Waals surface area contributed by atoms with E-state index >= 15 is 0 Å². The first-order chi connectivity index (χ1) is 5.40. The van der Waals surface area contributed by atoms with Crippen LogP contribution in [0.15, 0.2) is 24.8 Å². The Morgan fingerprint density at radius 1 is 1.55 bits per heavy atom. The molecule has 0 N–H and O–H groups in total. The molecule has 52 valence electrons. The highest BCUT2D eigenvalue weighted by Crippen LogP contribution is 2.00. The van der Waals surface area contributed by atoms with Crippen LogP contribution in [0.2, 0.25) is 0 Å². The molecule has 2 aromatic heterocycles. The van der Waals surface area contributed by atoms with Gasteiger partial charge in [0.05, 0.1) is 6.20 Å². The lowest BCUT2D eigenvalue weighted by Crippen LogP contribution is -1.81. The van der Waals surface area contributed by atoms with Crippen molar-refractivity contribution < 1.29 is 0 Å². The van der Waals surface area contributed by atoms with E-state index in [1.165, 1.54) is 0 Å². The van der Waals surface area contributed by atoms with Crippen molar-refractivity contribution >= 4 is 5.65 Å². The first-order valence-electron chi connectivity index (χ1n) is 3.15. The molecule has 11 heavy (non-hydrogen) atoms. The van der Waals surface area contributed by atoms with Gasteiger partial charge in [-0.05, 0) is 5.92 Å². The lowest BCUT2D eigenvalue weighted by atomic mass is 10.5. The topological polar surface area (TPSA) is 30.2 Å². The van der Waals surface area contributed by atoms with Gasteiger partial charge in [0.25, 0.3) is 0 Å². The smallest absolute Gasteiger partial charge is 0.156 e. The fourth-order valence-electron chi connectivity index (χ4n) is 0.912. The van der Waals surface area contributed by atoms with Crippen LogP contribution in [0, 0.1) is 12.3 Å². The van der Waals surface area contributed by atoms with Gasteiger partial charge in [0.2, 0.25) is 0 Å². The van der Waals surface area contributed by atoms with Crippen molar-refractivity contribution in [2.75, 3.05) is 0 Å². The molecule has 0 aliphatic rings. The summed E-state index contributed by atoms with van der Waals surface area (Å²) in [7, 11) is 0. The molecule has 0 bridgehead atoms. The summed E-state index contributed by atoms with van der Waals surface area (Å²) in [6, 6.07) is 0. The molecule has 0 amide bonds. The first-order valence-corrected chi connectivity index (χ1v) is 3.15. The molecule has 0 fully saturated rings. The highest BCUT2D eigenvalue weighted by molar-refractivity contribution is 5.40. The van der Waals surface area contributed by atoms with Gasteiger partial charge in [-0.25, -0.2) is 4.98 Å². The zero-order valence-corrected chi connectivity index (χ0v) is 5.73. The van der Waals surface area contributed by atoms with E-state index in [1.807, 2.05) is 10.6 Å². The molecule has 2 rings (SSSR count). The lowest BCUT2D eigenvalue weighted by molar-refractivity contribution is 1.13. The Morgan fingerprint density at radius 3 is 3.18 bits per heavy atom. The second-order valence-electron chi connectivity index (χ2n) is 2.11. The maximum Gasteiger partial charge on any atom is 0.156 e. The van der Waals surface area contributed by atoms with Gasteiger partial charge in [-0.2, -0.15) is 0 Å². The van der Waals surface area contributed by atoms with Crippen molar-refractivity contribution in [3.63, 3.8) is 0 Å². The molecule has 0 spiro atoms. The quantitative estimate of drug-likeness (QED) is 0.508. The average Bonchev–Trinajstić information content (AvgIpc) is 2.46. The van der Waals surface area contributed by atoms with E-state index in [1.54, 1.807) is 18.6 Å². The maximum absolute atomic E-state index is 5.17. The number of aromatic nitrogens is 3. The van der Waals surface area contributed by atoms with Crippen LogP contribution in [0.25, 0.3) is 5.65 Å². The number of imidazole rings is 1. The summed E-state index contributed by atoms with van der Waals surface area (Å²) in [6.45, 7) is 0. The zero-order valence-electron chi connectivity index (χ0n) is 5.73. The molecule has 3 heteroatoms. The summed E-state index contributed by atoms with van der Waals surface area (Å²) in [6.07, 6.45) is 12.1. The molecule has 0 atom stereocenters. The number of fused-ring (bicyclic) bond motifs is 1. The van der Waals surface area contributed by atoms with E-state index in [2.05, 4.69) is 15.9 Å². The number of terminal acetylenes is 1. The van der Waals surface area contributed by atoms with E-state index in [0.29, 0.717) is 5.69 Å². The Morgan fingerprint density at radius 2 is 2.45 bits per heavy atom. The van der Waals surface area contributed by atoms with Gasteiger partial charge in [-0.3, -0.25) is 4.98 Å². The van der Waals surface area contributed by atoms with Gasteiger partial charge >= 0.3 is 0 Å². The molecule has 0 aliphatic heterocycles. The van der Waals surface area contributed by atoms with Crippen molar-refractivity contribution in [1.29, 1.82) is 0 Å². The Labute approximate surface area is 63.7 Å². The Bertz CT molecular complexity index is 389. The van der Waals surface area contributed by atoms with Crippen molar-refractivity contribution in [2.24, 2.45) is 0 Å². The molecule has 2 aromatic rings. The van der Waals surface area contributed by atoms with Crippen LogP contribution in [-0.2, 0) is 0 Å². The van der Waals surface area contributed by atoms with Crippen LogP contribution >= 0.6 is 0 Å². The average molecular weight is 143 g/mol. The highest BCUT2D eigenvalue weighted by atomic mass is 15.0. The Hall–Kier alpha value is -1.82. The lowest BCUT2D eigenvalue weighted by Gasteiger charge is -1.85. The Balaban J connectivity index is 2.81. The third kappa shape index (κ3) is 0.849. The van der Waals surface area contributed by atoms with Crippen LogP contribution in [0.4, 0.5) is 0 Å². The number of nitrogens with zero attached hydrogens (tertiary/aromatic N) is 3. The van der Waals surface area contributed by atoms with E-state index in [-0.39, 0.29) is 0 Å². The third-order valence-corrected chi connectivity index (χ3v) is 1.41. The normalized spacial score (nSPS) is 9.73. The minimum Gasteiger partial charge on any atom is -0.303 e. The van der Waals surface area contributed by atoms with Crippen molar-refractivity contribution in [1.82, 2.24) is 14.4 Å². The number of hydrogen-bond acceptors (Lipinski definition) is 2. The molecule has 0 aliphatic carbocycles. The van der Waals surface area contributed by atoms with E-state index in [4.69, 9.17) is 6.42 Å². The van der Waals surface area contributed by atoms with Crippen molar-refractivity contribution in [3.8, 4) is 12.3 Å². The fourth-order valence-corrected chi connectivity index (χ4v) is 0.912. The molecule has 0 saturated carbocycles. The minimum atomic E-state index is 0.637. The molecule has 0 radical (unpaired) electrons. The van der Waals surface area contributed by atoms with Crippen molar-refractivity contribution in [3.05, 3.63) is 30.5 Å². The fraction of sp³-hybridized carbons (Fsp3) is 0. The zero-order chi connectivity index (χ0) is 7.68. The molecule has 3 nitrogen and oxygen atoms in total. The third-order valence-electron chi connectivity index (χ3n) is 1.41. The summed E-state index contributed by atoms with van der Waals surface area (Å²) >= 11 is 0. The first kappa shape index (κ1) is 5.93. The number of rotatable bonds is 0. The van der Waals surface area contributed by atoms with Crippen LogP contribution in [0.3, 0.4) is 0 Å². The summed E-state index contributed by atoms with van der Waals surface area (Å²) < 4.78 is 1.84. The molecular formula is C8H5N3. The SMILES string of the molecule is C#Cc1cn2ccncc2n1. The predicted octanol–water partition coefficient (Wildman–Crippen LogP) is 0.711. The van der Waals surface area contributed by atoms with Gasteiger partial charge in [0, 0.05) is 18.6 Å².